The van der Waals surface area contributed by atoms with Gasteiger partial charge in [0.1, 0.15) is 11.5 Å². The second-order valence-electron chi connectivity index (χ2n) is 8.59. The molecule has 0 amide bonds. The highest BCUT2D eigenvalue weighted by Gasteiger charge is 2.53. The van der Waals surface area contributed by atoms with Crippen molar-refractivity contribution in [2.24, 2.45) is 0 Å². The first-order valence-electron chi connectivity index (χ1n) is 9.39. The van der Waals surface area contributed by atoms with Crippen molar-refractivity contribution in [2.45, 2.75) is 82.9 Å². The molecule has 152 valence electrons. The van der Waals surface area contributed by atoms with Crippen molar-refractivity contribution in [1.29, 1.82) is 0 Å². The first kappa shape index (κ1) is 21.8. The average Bonchev–Trinajstić information content (AvgIpc) is 2.89. The van der Waals surface area contributed by atoms with Crippen LogP contribution in [-0.2, 0) is 14.8 Å². The predicted molar refractivity (Wildman–Crippen MR) is 108 cm³/mol. The van der Waals surface area contributed by atoms with E-state index in [-0.39, 0.29) is 6.10 Å². The topological polar surface area (TPSA) is 93.5 Å². The van der Waals surface area contributed by atoms with Gasteiger partial charge in [0.25, 0.3) is 5.56 Å². The summed E-state index contributed by atoms with van der Waals surface area (Å²) in [4.78, 5) is 26.8. The molecule has 2 N–H and O–H groups in total. The van der Waals surface area contributed by atoms with E-state index in [1.165, 1.54) is 4.57 Å². The molecule has 0 saturated carbocycles. The van der Waals surface area contributed by atoms with Gasteiger partial charge in [0.2, 0.25) is 0 Å². The lowest BCUT2D eigenvalue weighted by Crippen LogP contribution is -2.52. The van der Waals surface area contributed by atoms with Crippen LogP contribution in [0.3, 0.4) is 0 Å². The van der Waals surface area contributed by atoms with E-state index in [4.69, 9.17) is 9.47 Å². The lowest BCUT2D eigenvalue weighted by molar-refractivity contribution is -0.136. The Morgan fingerprint density at radius 1 is 1.52 bits per heavy atom. The Labute approximate surface area is 161 Å². The van der Waals surface area contributed by atoms with Gasteiger partial charge >= 0.3 is 5.69 Å². The summed E-state index contributed by atoms with van der Waals surface area (Å²) in [6.45, 7) is 15.4. The van der Waals surface area contributed by atoms with E-state index in [0.29, 0.717) is 18.4 Å². The Bertz CT molecular complexity index is 795. The summed E-state index contributed by atoms with van der Waals surface area (Å²) in [6, 6.07) is 0. The van der Waals surface area contributed by atoms with Gasteiger partial charge < -0.3 is 14.6 Å². The summed E-state index contributed by atoms with van der Waals surface area (Å²) in [5.41, 5.74) is -0.892. The van der Waals surface area contributed by atoms with Crippen LogP contribution in [-0.4, -0.2) is 47.4 Å². The van der Waals surface area contributed by atoms with Gasteiger partial charge in [-0.05, 0) is 34.1 Å². The molecule has 2 heterocycles. The van der Waals surface area contributed by atoms with E-state index >= 15 is 0 Å². The third-order valence-electron chi connectivity index (χ3n) is 4.92. The summed E-state index contributed by atoms with van der Waals surface area (Å²) in [7, 11) is -1.65. The quantitative estimate of drug-likeness (QED) is 0.560. The molecule has 0 bridgehead atoms. The summed E-state index contributed by atoms with van der Waals surface area (Å²) >= 11 is 0. The zero-order chi connectivity index (χ0) is 20.6. The van der Waals surface area contributed by atoms with Crippen molar-refractivity contribution < 1.29 is 14.6 Å². The molecular formula is C19H32N2O5Si. The zero-order valence-corrected chi connectivity index (χ0v) is 18.3. The van der Waals surface area contributed by atoms with Crippen LogP contribution in [0.2, 0.25) is 13.1 Å². The second-order valence-corrected chi connectivity index (χ2v) is 11.8. The molecule has 0 aliphatic carbocycles. The fraction of sp³-hybridized carbons (Fsp3) is 0.684. The van der Waals surface area contributed by atoms with Crippen molar-refractivity contribution in [3.63, 3.8) is 0 Å². The normalized spacial score (nSPS) is 27.1. The first-order valence-corrected chi connectivity index (χ1v) is 12.3. The number of nitrogens with zero attached hydrogens (tertiary/aromatic N) is 1. The van der Waals surface area contributed by atoms with Crippen molar-refractivity contribution in [1.82, 2.24) is 9.55 Å². The van der Waals surface area contributed by atoms with Crippen LogP contribution in [0.15, 0.2) is 28.4 Å². The van der Waals surface area contributed by atoms with Crippen molar-refractivity contribution in [3.8, 4) is 0 Å². The Balaban J connectivity index is 2.57. The SMILES string of the molecule is C=CCC(O)[C@H]1O[C@](n2cc(C)c(=O)[nH]c2=O)([SiH](C)C)C[C@@H]1OC(C)(C)C. The molecule has 1 aliphatic rings. The Kier molecular flexibility index (Phi) is 6.36. The van der Waals surface area contributed by atoms with Gasteiger partial charge in [-0.1, -0.05) is 19.2 Å². The maximum absolute atomic E-state index is 12.6. The molecule has 0 spiro atoms. The average molecular weight is 397 g/mol. The smallest absolute Gasteiger partial charge is 0.330 e. The Morgan fingerprint density at radius 3 is 2.67 bits per heavy atom. The molecule has 1 fully saturated rings. The van der Waals surface area contributed by atoms with E-state index in [1.807, 2.05) is 20.8 Å². The zero-order valence-electron chi connectivity index (χ0n) is 17.1. The lowest BCUT2D eigenvalue weighted by Gasteiger charge is -2.35. The number of hydrogen-bond donors (Lipinski definition) is 2. The summed E-state index contributed by atoms with van der Waals surface area (Å²) in [5.74, 6) is 0. The molecular weight excluding hydrogens is 364 g/mol. The Morgan fingerprint density at radius 2 is 2.15 bits per heavy atom. The number of aliphatic hydroxyl groups excluding tert-OH is 1. The highest BCUT2D eigenvalue weighted by Crippen LogP contribution is 2.41. The summed E-state index contributed by atoms with van der Waals surface area (Å²) in [6.07, 6.45) is 2.26. The van der Waals surface area contributed by atoms with Crippen LogP contribution in [0.5, 0.6) is 0 Å². The fourth-order valence-corrected chi connectivity index (χ4v) is 5.49. The maximum Gasteiger partial charge on any atom is 0.330 e. The van der Waals surface area contributed by atoms with Gasteiger partial charge in [-0.15, -0.1) is 6.58 Å². The number of rotatable bonds is 6. The van der Waals surface area contributed by atoms with Crippen molar-refractivity contribution in [2.75, 3.05) is 0 Å². The van der Waals surface area contributed by atoms with Crippen LogP contribution in [0, 0.1) is 6.92 Å². The van der Waals surface area contributed by atoms with Crippen LogP contribution in [0.1, 0.15) is 39.2 Å². The maximum atomic E-state index is 12.6. The number of ether oxygens (including phenoxy) is 2. The highest BCUT2D eigenvalue weighted by molar-refractivity contribution is 6.58. The lowest BCUT2D eigenvalue weighted by atomic mass is 10.0. The summed E-state index contributed by atoms with van der Waals surface area (Å²) in [5, 5.41) is 9.75. The molecule has 1 saturated heterocycles. The third-order valence-corrected chi connectivity index (χ3v) is 7.38. The molecule has 7 nitrogen and oxygen atoms in total. The van der Waals surface area contributed by atoms with Crippen LogP contribution in [0.4, 0.5) is 0 Å². The van der Waals surface area contributed by atoms with Crippen LogP contribution >= 0.6 is 0 Å². The molecule has 4 atom stereocenters. The van der Waals surface area contributed by atoms with E-state index < -0.39 is 43.2 Å². The number of aliphatic hydroxyl groups is 1. The fourth-order valence-electron chi connectivity index (χ4n) is 3.61. The minimum Gasteiger partial charge on any atom is -0.390 e. The molecule has 27 heavy (non-hydrogen) atoms. The molecule has 0 aromatic carbocycles. The summed E-state index contributed by atoms with van der Waals surface area (Å²) < 4.78 is 14.1. The van der Waals surface area contributed by atoms with Crippen molar-refractivity contribution >= 4 is 8.80 Å². The molecule has 1 aliphatic heterocycles. The number of H-pyrrole nitrogens is 1. The second kappa shape index (κ2) is 7.87. The van der Waals surface area contributed by atoms with Crippen LogP contribution < -0.4 is 11.2 Å². The molecule has 1 aromatic rings. The molecule has 1 unspecified atom stereocenters. The minimum atomic E-state index is -1.65. The number of aryl methyl sites for hydroxylation is 1. The number of nitrogens with one attached hydrogen (secondary N) is 1. The van der Waals surface area contributed by atoms with Gasteiger partial charge in [0.15, 0.2) is 0 Å². The number of aromatic nitrogens is 2. The van der Waals surface area contributed by atoms with E-state index in [0.717, 1.165) is 0 Å². The number of hydrogen-bond acceptors (Lipinski definition) is 5. The number of aromatic amines is 1. The van der Waals surface area contributed by atoms with Crippen LogP contribution in [0.25, 0.3) is 0 Å². The van der Waals surface area contributed by atoms with Gasteiger partial charge in [-0.2, -0.15) is 0 Å². The largest absolute Gasteiger partial charge is 0.390 e. The third kappa shape index (κ3) is 4.51. The van der Waals surface area contributed by atoms with E-state index in [2.05, 4.69) is 24.7 Å². The standard InChI is InChI=1S/C19H32N2O5Si/c1-8-9-13(22)15-14(25-18(3,4)5)10-19(26-15,27(6)7)21-11-12(2)16(23)20-17(21)24/h8,11,13-15,22,27H,1,9-10H2,2-7H3,(H,20,23,24)/t13?,14-,15+,19-/m0/s1. The van der Waals surface area contributed by atoms with Gasteiger partial charge in [-0.25, -0.2) is 4.79 Å². The Hall–Kier alpha value is -1.48. The van der Waals surface area contributed by atoms with Gasteiger partial charge in [0, 0.05) is 18.2 Å². The molecule has 1 aromatic heterocycles. The molecule has 2 rings (SSSR count). The van der Waals surface area contributed by atoms with Gasteiger partial charge in [0.05, 0.1) is 26.6 Å². The van der Waals surface area contributed by atoms with Crippen molar-refractivity contribution in [3.05, 3.63) is 45.3 Å². The highest BCUT2D eigenvalue weighted by atomic mass is 28.3. The molecule has 8 heteroatoms. The monoisotopic (exact) mass is 396 g/mol. The van der Waals surface area contributed by atoms with Gasteiger partial charge in [-0.3, -0.25) is 14.3 Å². The predicted octanol–water partition coefficient (Wildman–Crippen LogP) is 1.43. The molecule has 0 radical (unpaired) electrons. The van der Waals surface area contributed by atoms with E-state index in [1.54, 1.807) is 19.2 Å². The minimum absolute atomic E-state index is 0.365. The first-order chi connectivity index (χ1) is 12.4. The van der Waals surface area contributed by atoms with E-state index in [9.17, 15) is 14.7 Å².